The van der Waals surface area contributed by atoms with E-state index in [-0.39, 0.29) is 6.10 Å². The minimum absolute atomic E-state index is 0.346. The molecule has 138 valence electrons. The summed E-state index contributed by atoms with van der Waals surface area (Å²) in [5.41, 5.74) is 2.36. The molecule has 0 aliphatic rings. The second kappa shape index (κ2) is 7.86. The lowest BCUT2D eigenvalue weighted by Crippen LogP contribution is -2.20. The molecule has 0 saturated heterocycles. The van der Waals surface area contributed by atoms with E-state index in [1.807, 2.05) is 31.2 Å². The Morgan fingerprint density at radius 1 is 1.19 bits per heavy atom. The number of carboxylic acid groups (broad SMARTS) is 1. The van der Waals surface area contributed by atoms with E-state index in [0.717, 1.165) is 11.1 Å². The van der Waals surface area contributed by atoms with Crippen molar-refractivity contribution >= 4 is 29.1 Å². The molecule has 1 aromatic heterocycles. The molecule has 3 rings (SSSR count). The molecular weight excluding hydrogens is 346 g/mol. The van der Waals surface area contributed by atoms with Crippen molar-refractivity contribution in [2.45, 2.75) is 26.4 Å². The number of fused-ring (bicyclic) bond motifs is 1. The van der Waals surface area contributed by atoms with Gasteiger partial charge in [0.1, 0.15) is 11.1 Å². The maximum absolute atomic E-state index is 12.0. The number of nitrogens with zero attached hydrogens (tertiary/aromatic N) is 1. The van der Waals surface area contributed by atoms with Gasteiger partial charge in [-0.05, 0) is 49.2 Å². The Hall–Kier alpha value is -3.41. The van der Waals surface area contributed by atoms with Gasteiger partial charge in [0.05, 0.1) is 6.10 Å². The van der Waals surface area contributed by atoms with E-state index >= 15 is 0 Å². The van der Waals surface area contributed by atoms with Crippen molar-refractivity contribution in [3.63, 3.8) is 0 Å². The van der Waals surface area contributed by atoms with Crippen molar-refractivity contribution in [1.29, 1.82) is 0 Å². The largest absolute Gasteiger partial charge is 0.477 e. The van der Waals surface area contributed by atoms with Gasteiger partial charge in [-0.1, -0.05) is 31.2 Å². The molecule has 3 aromatic rings. The molecule has 1 unspecified atom stereocenters. The standard InChI is InChI=1S/C21H19NO5/c1-3-13(2)26-21(25)16(20(23)24)12-14-8-10-15(11-9-14)19-22-17-6-4-5-7-18(17)27-19/h4-13H,3H2,1-2H3,(H,23,24). The Kier molecular flexibility index (Phi) is 5.35. The molecule has 6 nitrogen and oxygen atoms in total. The van der Waals surface area contributed by atoms with Gasteiger partial charge < -0.3 is 14.3 Å². The average Bonchev–Trinajstić information content (AvgIpc) is 3.10. The highest BCUT2D eigenvalue weighted by Crippen LogP contribution is 2.24. The highest BCUT2D eigenvalue weighted by Gasteiger charge is 2.21. The van der Waals surface area contributed by atoms with Crippen molar-refractivity contribution in [1.82, 2.24) is 4.98 Å². The van der Waals surface area contributed by atoms with Crippen LogP contribution in [0.5, 0.6) is 0 Å². The van der Waals surface area contributed by atoms with Gasteiger partial charge in [0.15, 0.2) is 5.58 Å². The van der Waals surface area contributed by atoms with Gasteiger partial charge in [-0.25, -0.2) is 14.6 Å². The maximum Gasteiger partial charge on any atom is 0.345 e. The van der Waals surface area contributed by atoms with Crippen molar-refractivity contribution in [3.8, 4) is 11.5 Å². The van der Waals surface area contributed by atoms with Gasteiger partial charge in [-0.2, -0.15) is 0 Å². The number of aromatic nitrogens is 1. The van der Waals surface area contributed by atoms with E-state index in [0.29, 0.717) is 23.5 Å². The van der Waals surface area contributed by atoms with Gasteiger partial charge in [0, 0.05) is 5.56 Å². The first-order valence-corrected chi connectivity index (χ1v) is 8.60. The van der Waals surface area contributed by atoms with E-state index in [4.69, 9.17) is 9.15 Å². The fourth-order valence-electron chi connectivity index (χ4n) is 2.42. The molecule has 1 N–H and O–H groups in total. The van der Waals surface area contributed by atoms with E-state index in [2.05, 4.69) is 4.98 Å². The monoisotopic (exact) mass is 365 g/mol. The minimum atomic E-state index is -1.33. The molecule has 0 saturated carbocycles. The van der Waals surface area contributed by atoms with Crippen LogP contribution in [-0.2, 0) is 14.3 Å². The number of hydrogen-bond acceptors (Lipinski definition) is 5. The normalized spacial score (nSPS) is 12.7. The van der Waals surface area contributed by atoms with E-state index in [1.54, 1.807) is 31.2 Å². The van der Waals surface area contributed by atoms with Crippen molar-refractivity contribution < 1.29 is 23.8 Å². The molecule has 6 heteroatoms. The van der Waals surface area contributed by atoms with Gasteiger partial charge in [-0.15, -0.1) is 0 Å². The third kappa shape index (κ3) is 4.23. The number of carboxylic acids is 1. The highest BCUT2D eigenvalue weighted by molar-refractivity contribution is 6.17. The molecule has 27 heavy (non-hydrogen) atoms. The van der Waals surface area contributed by atoms with E-state index in [1.165, 1.54) is 6.08 Å². The first-order valence-electron chi connectivity index (χ1n) is 8.60. The predicted molar refractivity (Wildman–Crippen MR) is 101 cm³/mol. The highest BCUT2D eigenvalue weighted by atomic mass is 16.5. The molecule has 1 atom stereocenters. The molecule has 0 amide bonds. The summed E-state index contributed by atoms with van der Waals surface area (Å²) < 4.78 is 10.8. The Bertz CT molecular complexity index is 968. The summed E-state index contributed by atoms with van der Waals surface area (Å²) in [7, 11) is 0. The molecule has 1 heterocycles. The summed E-state index contributed by atoms with van der Waals surface area (Å²) in [5, 5.41) is 9.31. The van der Waals surface area contributed by atoms with Crippen LogP contribution in [0.3, 0.4) is 0 Å². The number of carbonyl (C=O) groups excluding carboxylic acids is 1. The first-order chi connectivity index (χ1) is 13.0. The zero-order valence-corrected chi connectivity index (χ0v) is 15.0. The van der Waals surface area contributed by atoms with Gasteiger partial charge in [0.25, 0.3) is 0 Å². The Labute approximate surface area is 156 Å². The zero-order valence-electron chi connectivity index (χ0n) is 15.0. The fourth-order valence-corrected chi connectivity index (χ4v) is 2.42. The van der Waals surface area contributed by atoms with Gasteiger partial charge in [-0.3, -0.25) is 0 Å². The molecule has 0 spiro atoms. The summed E-state index contributed by atoms with van der Waals surface area (Å²) in [6, 6.07) is 14.4. The molecule has 2 aromatic carbocycles. The fraction of sp³-hybridized carbons (Fsp3) is 0.190. The van der Waals surface area contributed by atoms with Crippen LogP contribution >= 0.6 is 0 Å². The van der Waals surface area contributed by atoms with Crippen LogP contribution < -0.4 is 0 Å². The third-order valence-electron chi connectivity index (χ3n) is 4.10. The lowest BCUT2D eigenvalue weighted by atomic mass is 10.1. The third-order valence-corrected chi connectivity index (χ3v) is 4.10. The smallest absolute Gasteiger partial charge is 0.345 e. The van der Waals surface area contributed by atoms with Crippen LogP contribution in [0.1, 0.15) is 25.8 Å². The average molecular weight is 365 g/mol. The number of rotatable bonds is 6. The van der Waals surface area contributed by atoms with Crippen LogP contribution in [0.25, 0.3) is 28.6 Å². The predicted octanol–water partition coefficient (Wildman–Crippen LogP) is 4.30. The van der Waals surface area contributed by atoms with Crippen LogP contribution in [0, 0.1) is 0 Å². The Morgan fingerprint density at radius 2 is 1.89 bits per heavy atom. The lowest BCUT2D eigenvalue weighted by Gasteiger charge is -2.11. The summed E-state index contributed by atoms with van der Waals surface area (Å²) >= 11 is 0. The van der Waals surface area contributed by atoms with Crippen molar-refractivity contribution in [2.75, 3.05) is 0 Å². The molecular formula is C21H19NO5. The molecule has 0 bridgehead atoms. The number of esters is 1. The number of benzene rings is 2. The Morgan fingerprint density at radius 3 is 2.52 bits per heavy atom. The van der Waals surface area contributed by atoms with Gasteiger partial charge >= 0.3 is 11.9 Å². The minimum Gasteiger partial charge on any atom is -0.477 e. The Balaban J connectivity index is 1.85. The summed E-state index contributed by atoms with van der Waals surface area (Å²) in [4.78, 5) is 27.9. The lowest BCUT2D eigenvalue weighted by molar-refractivity contribution is -0.147. The number of hydrogen-bond donors (Lipinski definition) is 1. The summed E-state index contributed by atoms with van der Waals surface area (Å²) in [6.07, 6.45) is 1.56. The quantitative estimate of drug-likeness (QED) is 0.303. The molecule has 0 aliphatic carbocycles. The van der Waals surface area contributed by atoms with Crippen molar-refractivity contribution in [3.05, 3.63) is 59.7 Å². The molecule has 0 radical (unpaired) electrons. The van der Waals surface area contributed by atoms with Crippen LogP contribution in [0.4, 0.5) is 0 Å². The van der Waals surface area contributed by atoms with Crippen LogP contribution in [0.15, 0.2) is 58.5 Å². The molecule has 0 aliphatic heterocycles. The van der Waals surface area contributed by atoms with Crippen molar-refractivity contribution in [2.24, 2.45) is 0 Å². The zero-order chi connectivity index (χ0) is 19.4. The number of oxazole rings is 1. The number of para-hydroxylation sites is 2. The summed E-state index contributed by atoms with van der Waals surface area (Å²) in [6.45, 7) is 3.57. The van der Waals surface area contributed by atoms with E-state index in [9.17, 15) is 14.7 Å². The van der Waals surface area contributed by atoms with Gasteiger partial charge in [0.2, 0.25) is 5.89 Å². The summed E-state index contributed by atoms with van der Waals surface area (Å²) in [5.74, 6) is -1.70. The first kappa shape index (κ1) is 18.4. The van der Waals surface area contributed by atoms with Crippen LogP contribution in [-0.4, -0.2) is 28.1 Å². The second-order valence-corrected chi connectivity index (χ2v) is 6.10. The molecule has 0 fully saturated rings. The number of carbonyl (C=O) groups is 2. The second-order valence-electron chi connectivity index (χ2n) is 6.10. The maximum atomic E-state index is 12.0. The topological polar surface area (TPSA) is 89.6 Å². The number of ether oxygens (including phenoxy) is 1. The van der Waals surface area contributed by atoms with E-state index < -0.39 is 17.5 Å². The SMILES string of the molecule is CCC(C)OC(=O)C(=Cc1ccc(-c2nc3ccccc3o2)cc1)C(=O)O. The van der Waals surface area contributed by atoms with Crippen LogP contribution in [0.2, 0.25) is 0 Å². The number of aliphatic carboxylic acids is 1.